The second-order valence-electron chi connectivity index (χ2n) is 6.99. The number of hydrogen-bond acceptors (Lipinski definition) is 3. The van der Waals surface area contributed by atoms with Gasteiger partial charge in [0.05, 0.1) is 0 Å². The molecule has 3 saturated carbocycles. The standard InChI is InChI=1S/C15H24N4/c1-2-19-14(17-10-18-19)8-15(9-16-13-3-4-13)6-11-5-12(11)7-15/h10-13,16H,2-9H2,1H3. The Bertz CT molecular complexity index is 452. The summed E-state index contributed by atoms with van der Waals surface area (Å²) in [5.74, 6) is 3.25. The van der Waals surface area contributed by atoms with Crippen LogP contribution >= 0.6 is 0 Å². The van der Waals surface area contributed by atoms with Gasteiger partial charge in [-0.3, -0.25) is 4.68 Å². The van der Waals surface area contributed by atoms with Crippen molar-refractivity contribution in [3.05, 3.63) is 12.2 Å². The lowest BCUT2D eigenvalue weighted by molar-refractivity contribution is 0.239. The summed E-state index contributed by atoms with van der Waals surface area (Å²) in [6.45, 7) is 4.29. The molecule has 0 saturated heterocycles. The molecule has 0 aliphatic heterocycles. The molecule has 0 amide bonds. The summed E-state index contributed by atoms with van der Waals surface area (Å²) >= 11 is 0. The van der Waals surface area contributed by atoms with E-state index in [-0.39, 0.29) is 0 Å². The maximum Gasteiger partial charge on any atom is 0.138 e. The predicted molar refractivity (Wildman–Crippen MR) is 73.7 cm³/mol. The molecule has 0 spiro atoms. The van der Waals surface area contributed by atoms with Crippen LogP contribution in [0.4, 0.5) is 0 Å². The van der Waals surface area contributed by atoms with E-state index in [4.69, 9.17) is 0 Å². The summed E-state index contributed by atoms with van der Waals surface area (Å²) in [5, 5.41) is 8.10. The van der Waals surface area contributed by atoms with Crippen molar-refractivity contribution < 1.29 is 0 Å². The number of hydrogen-bond donors (Lipinski definition) is 1. The SMILES string of the molecule is CCn1ncnc1CC1(CNC2CC2)CC2CC2C1. The summed E-state index contributed by atoms with van der Waals surface area (Å²) in [4.78, 5) is 4.50. The number of aromatic nitrogens is 3. The Balaban J connectivity index is 1.49. The van der Waals surface area contributed by atoms with Gasteiger partial charge in [-0.15, -0.1) is 0 Å². The Hall–Kier alpha value is -0.900. The highest BCUT2D eigenvalue weighted by molar-refractivity contribution is 5.08. The van der Waals surface area contributed by atoms with Gasteiger partial charge in [0.25, 0.3) is 0 Å². The van der Waals surface area contributed by atoms with Crippen LogP contribution in [0.3, 0.4) is 0 Å². The normalized spacial score (nSPS) is 36.5. The minimum absolute atomic E-state index is 0.468. The van der Waals surface area contributed by atoms with Gasteiger partial charge >= 0.3 is 0 Å². The molecule has 0 aromatic carbocycles. The van der Waals surface area contributed by atoms with Crippen molar-refractivity contribution in [2.45, 2.75) is 58.0 Å². The maximum atomic E-state index is 4.50. The molecule has 19 heavy (non-hydrogen) atoms. The first-order chi connectivity index (χ1) is 9.28. The topological polar surface area (TPSA) is 42.7 Å². The zero-order valence-electron chi connectivity index (χ0n) is 11.8. The molecule has 2 unspecified atom stereocenters. The lowest BCUT2D eigenvalue weighted by atomic mass is 9.79. The molecule has 104 valence electrons. The molecule has 1 N–H and O–H groups in total. The first-order valence-electron chi connectivity index (χ1n) is 7.88. The Labute approximate surface area is 115 Å². The van der Waals surface area contributed by atoms with Crippen molar-refractivity contribution in [3.63, 3.8) is 0 Å². The molecule has 3 aliphatic rings. The van der Waals surface area contributed by atoms with Crippen molar-refractivity contribution in [1.29, 1.82) is 0 Å². The molecular weight excluding hydrogens is 236 g/mol. The molecule has 1 aromatic heterocycles. The van der Waals surface area contributed by atoms with Gasteiger partial charge in [-0.25, -0.2) is 4.98 Å². The molecule has 4 rings (SSSR count). The van der Waals surface area contributed by atoms with E-state index < -0.39 is 0 Å². The molecule has 0 radical (unpaired) electrons. The average Bonchev–Trinajstić information content (AvgIpc) is 3.30. The third kappa shape index (κ3) is 2.31. The molecule has 0 bridgehead atoms. The third-order valence-electron chi connectivity index (χ3n) is 5.33. The Morgan fingerprint density at radius 3 is 2.84 bits per heavy atom. The lowest BCUT2D eigenvalue weighted by Gasteiger charge is -2.31. The number of fused-ring (bicyclic) bond motifs is 1. The van der Waals surface area contributed by atoms with E-state index in [0.717, 1.165) is 30.8 Å². The number of nitrogens with zero attached hydrogens (tertiary/aromatic N) is 3. The molecule has 3 fully saturated rings. The highest BCUT2D eigenvalue weighted by atomic mass is 15.3. The molecule has 2 atom stereocenters. The molecule has 4 heteroatoms. The minimum atomic E-state index is 0.468. The first-order valence-corrected chi connectivity index (χ1v) is 7.88. The fourth-order valence-electron chi connectivity index (χ4n) is 4.03. The van der Waals surface area contributed by atoms with Crippen molar-refractivity contribution in [2.24, 2.45) is 17.3 Å². The fraction of sp³-hybridized carbons (Fsp3) is 0.867. The van der Waals surface area contributed by atoms with E-state index in [9.17, 15) is 0 Å². The Morgan fingerprint density at radius 1 is 1.37 bits per heavy atom. The summed E-state index contributed by atoms with van der Waals surface area (Å²) in [5.41, 5.74) is 0.468. The van der Waals surface area contributed by atoms with E-state index in [0.29, 0.717) is 5.41 Å². The van der Waals surface area contributed by atoms with E-state index in [1.54, 1.807) is 6.33 Å². The largest absolute Gasteiger partial charge is 0.313 e. The highest BCUT2D eigenvalue weighted by Gasteiger charge is 2.54. The minimum Gasteiger partial charge on any atom is -0.313 e. The van der Waals surface area contributed by atoms with Gasteiger partial charge in [-0.1, -0.05) is 0 Å². The van der Waals surface area contributed by atoms with E-state index in [1.165, 1.54) is 44.5 Å². The summed E-state index contributed by atoms with van der Waals surface area (Å²) < 4.78 is 2.07. The molecule has 4 nitrogen and oxygen atoms in total. The van der Waals surface area contributed by atoms with Crippen LogP contribution in [0, 0.1) is 17.3 Å². The highest BCUT2D eigenvalue weighted by Crippen LogP contribution is 2.60. The van der Waals surface area contributed by atoms with Crippen molar-refractivity contribution in [1.82, 2.24) is 20.1 Å². The van der Waals surface area contributed by atoms with E-state index >= 15 is 0 Å². The predicted octanol–water partition coefficient (Wildman–Crippen LogP) is 2.01. The Kier molecular flexibility index (Phi) is 2.69. The average molecular weight is 260 g/mol. The molecule has 3 aliphatic carbocycles. The summed E-state index contributed by atoms with van der Waals surface area (Å²) in [7, 11) is 0. The second-order valence-corrected chi connectivity index (χ2v) is 6.99. The summed E-state index contributed by atoms with van der Waals surface area (Å²) in [6.07, 6.45) is 9.92. The first kappa shape index (κ1) is 11.9. The number of nitrogens with one attached hydrogen (secondary N) is 1. The molecular formula is C15H24N4. The fourth-order valence-corrected chi connectivity index (χ4v) is 4.03. The van der Waals surface area contributed by atoms with Gasteiger partial charge < -0.3 is 5.32 Å². The van der Waals surface area contributed by atoms with Crippen LogP contribution in [0.1, 0.15) is 44.9 Å². The van der Waals surface area contributed by atoms with Gasteiger partial charge in [0.15, 0.2) is 0 Å². The quantitative estimate of drug-likeness (QED) is 0.851. The van der Waals surface area contributed by atoms with E-state index in [1.807, 2.05) is 0 Å². The van der Waals surface area contributed by atoms with E-state index in [2.05, 4.69) is 27.0 Å². The number of rotatable bonds is 6. The van der Waals surface area contributed by atoms with Gasteiger partial charge in [-0.05, 0) is 56.3 Å². The maximum absolute atomic E-state index is 4.50. The van der Waals surface area contributed by atoms with Crippen LogP contribution in [-0.4, -0.2) is 27.4 Å². The van der Waals surface area contributed by atoms with Crippen LogP contribution in [-0.2, 0) is 13.0 Å². The summed E-state index contributed by atoms with van der Waals surface area (Å²) in [6, 6.07) is 0.817. The lowest BCUT2D eigenvalue weighted by Crippen LogP contribution is -2.37. The van der Waals surface area contributed by atoms with Crippen molar-refractivity contribution >= 4 is 0 Å². The van der Waals surface area contributed by atoms with Crippen molar-refractivity contribution in [2.75, 3.05) is 6.54 Å². The van der Waals surface area contributed by atoms with Crippen LogP contribution in [0.5, 0.6) is 0 Å². The van der Waals surface area contributed by atoms with Crippen molar-refractivity contribution in [3.8, 4) is 0 Å². The smallest absolute Gasteiger partial charge is 0.138 e. The van der Waals surface area contributed by atoms with Crippen LogP contribution < -0.4 is 5.32 Å². The van der Waals surface area contributed by atoms with Gasteiger partial charge in [0.2, 0.25) is 0 Å². The molecule has 1 aromatic rings. The third-order valence-corrected chi connectivity index (χ3v) is 5.33. The van der Waals surface area contributed by atoms with Crippen LogP contribution in [0.25, 0.3) is 0 Å². The number of aryl methyl sites for hydroxylation is 1. The zero-order valence-corrected chi connectivity index (χ0v) is 11.8. The van der Waals surface area contributed by atoms with Crippen LogP contribution in [0.15, 0.2) is 6.33 Å². The zero-order chi connectivity index (χ0) is 12.9. The van der Waals surface area contributed by atoms with Gasteiger partial charge in [0, 0.05) is 25.6 Å². The van der Waals surface area contributed by atoms with Gasteiger partial charge in [0.1, 0.15) is 12.2 Å². The monoisotopic (exact) mass is 260 g/mol. The van der Waals surface area contributed by atoms with Crippen LogP contribution in [0.2, 0.25) is 0 Å². The molecule has 1 heterocycles. The second kappa shape index (κ2) is 4.30. The Morgan fingerprint density at radius 2 is 2.16 bits per heavy atom. The van der Waals surface area contributed by atoms with Gasteiger partial charge in [-0.2, -0.15) is 5.10 Å².